The molecule has 0 bridgehead atoms. The smallest absolute Gasteiger partial charge is 0.0524 e. The van der Waals surface area contributed by atoms with E-state index in [4.69, 9.17) is 9.26 Å². The van der Waals surface area contributed by atoms with Crippen molar-refractivity contribution < 1.29 is 9.26 Å². The van der Waals surface area contributed by atoms with E-state index >= 15 is 0 Å². The Balaban J connectivity index is 0. The summed E-state index contributed by atoms with van der Waals surface area (Å²) in [5.41, 5.74) is 0. The Morgan fingerprint density at radius 2 is 2.09 bits per heavy atom. The highest BCUT2D eigenvalue weighted by atomic mass is 31.1. The molecule has 2 nitrogen and oxygen atoms in total. The third kappa shape index (κ3) is 25.5. The second kappa shape index (κ2) is 16.6. The Labute approximate surface area is 71.8 Å². The van der Waals surface area contributed by atoms with Crippen LogP contribution >= 0.6 is 8.81 Å². The van der Waals surface area contributed by atoms with Crippen LogP contribution in [0, 0.1) is 0 Å². The van der Waals surface area contributed by atoms with Gasteiger partial charge in [-0.3, -0.25) is 0 Å². The zero-order valence-corrected chi connectivity index (χ0v) is 8.72. The van der Waals surface area contributed by atoms with Crippen LogP contribution in [-0.2, 0) is 9.26 Å². The minimum Gasteiger partial charge on any atom is -0.381 e. The standard InChI is InChI=1S/C5H13O2P.C3H6/c1-3-7-4-5-8-6-2;1-3-2/h8H,3-5H2,1-2H3;3H,1H2,2H3. The quantitative estimate of drug-likeness (QED) is 0.366. The molecule has 0 spiro atoms. The molecule has 0 amide bonds. The number of hydrogen-bond donors (Lipinski definition) is 0. The van der Waals surface area contributed by atoms with Crippen LogP contribution < -0.4 is 0 Å². The molecule has 0 fully saturated rings. The molecule has 0 radical (unpaired) electrons. The van der Waals surface area contributed by atoms with Gasteiger partial charge in [-0.25, -0.2) is 0 Å². The van der Waals surface area contributed by atoms with E-state index in [-0.39, 0.29) is 0 Å². The van der Waals surface area contributed by atoms with Crippen molar-refractivity contribution in [3.63, 3.8) is 0 Å². The van der Waals surface area contributed by atoms with Crippen LogP contribution in [0.5, 0.6) is 0 Å². The summed E-state index contributed by atoms with van der Waals surface area (Å²) in [7, 11) is 2.31. The van der Waals surface area contributed by atoms with E-state index in [1.165, 1.54) is 0 Å². The average Bonchev–Trinajstić information content (AvgIpc) is 2.00. The van der Waals surface area contributed by atoms with Crippen molar-refractivity contribution in [2.45, 2.75) is 13.8 Å². The second-order valence-electron chi connectivity index (χ2n) is 1.70. The molecular formula is C8H19O2P. The van der Waals surface area contributed by atoms with Crippen molar-refractivity contribution in [1.29, 1.82) is 0 Å². The molecule has 3 heteroatoms. The van der Waals surface area contributed by atoms with Gasteiger partial charge in [0.1, 0.15) is 0 Å². The molecule has 0 saturated carbocycles. The summed E-state index contributed by atoms with van der Waals surface area (Å²) in [6.45, 7) is 8.90. The highest BCUT2D eigenvalue weighted by molar-refractivity contribution is 7.32. The number of rotatable bonds is 5. The van der Waals surface area contributed by atoms with E-state index < -0.39 is 0 Å². The van der Waals surface area contributed by atoms with Crippen LogP contribution in [0.25, 0.3) is 0 Å². The van der Waals surface area contributed by atoms with Gasteiger partial charge in [0.05, 0.1) is 6.61 Å². The fraction of sp³-hybridized carbons (Fsp3) is 0.750. The first kappa shape index (κ1) is 13.7. The Kier molecular flexibility index (Phi) is 20.6. The third-order valence-electron chi connectivity index (χ3n) is 0.697. The largest absolute Gasteiger partial charge is 0.381 e. The first-order chi connectivity index (χ1) is 5.33. The van der Waals surface area contributed by atoms with Crippen molar-refractivity contribution in [2.75, 3.05) is 26.5 Å². The summed E-state index contributed by atoms with van der Waals surface area (Å²) in [5.74, 6) is 0. The molecule has 0 saturated heterocycles. The first-order valence-electron chi connectivity index (χ1n) is 3.74. The lowest BCUT2D eigenvalue weighted by Crippen LogP contribution is -1.94. The van der Waals surface area contributed by atoms with Gasteiger partial charge in [-0.2, -0.15) is 0 Å². The summed E-state index contributed by atoms with van der Waals surface area (Å²) < 4.78 is 9.90. The monoisotopic (exact) mass is 178 g/mol. The molecule has 0 aromatic heterocycles. The predicted octanol–water partition coefficient (Wildman–Crippen LogP) is 2.46. The van der Waals surface area contributed by atoms with E-state index in [2.05, 4.69) is 6.58 Å². The Morgan fingerprint density at radius 1 is 1.55 bits per heavy atom. The van der Waals surface area contributed by atoms with Gasteiger partial charge in [-0.15, -0.1) is 6.58 Å². The van der Waals surface area contributed by atoms with Gasteiger partial charge >= 0.3 is 0 Å². The molecule has 0 aliphatic carbocycles. The van der Waals surface area contributed by atoms with Crippen LogP contribution in [0.3, 0.4) is 0 Å². The van der Waals surface area contributed by atoms with E-state index in [1.54, 1.807) is 13.2 Å². The second-order valence-corrected chi connectivity index (χ2v) is 2.90. The highest BCUT2D eigenvalue weighted by Gasteiger charge is 1.82. The van der Waals surface area contributed by atoms with Gasteiger partial charge in [0.15, 0.2) is 0 Å². The van der Waals surface area contributed by atoms with Crippen molar-refractivity contribution in [3.8, 4) is 0 Å². The maximum absolute atomic E-state index is 5.06. The fourth-order valence-corrected chi connectivity index (χ4v) is 0.792. The average molecular weight is 178 g/mol. The van der Waals surface area contributed by atoms with E-state index in [0.717, 1.165) is 19.4 Å². The molecule has 68 valence electrons. The van der Waals surface area contributed by atoms with Gasteiger partial charge in [0.25, 0.3) is 0 Å². The van der Waals surface area contributed by atoms with Crippen LogP contribution in [0.4, 0.5) is 0 Å². The van der Waals surface area contributed by atoms with Crippen molar-refractivity contribution in [2.24, 2.45) is 0 Å². The Bertz CT molecular complexity index is 61.1. The molecule has 0 aromatic rings. The van der Waals surface area contributed by atoms with Gasteiger partial charge in [-0.1, -0.05) is 6.08 Å². The van der Waals surface area contributed by atoms with Crippen molar-refractivity contribution in [3.05, 3.63) is 12.7 Å². The summed E-state index contributed by atoms with van der Waals surface area (Å²) in [6, 6.07) is 0. The normalized spacial score (nSPS) is 9.36. The van der Waals surface area contributed by atoms with E-state index in [9.17, 15) is 0 Å². The van der Waals surface area contributed by atoms with E-state index in [0.29, 0.717) is 8.81 Å². The van der Waals surface area contributed by atoms with Gasteiger partial charge in [-0.05, 0) is 13.8 Å². The Hall–Kier alpha value is 0.0900. The number of hydrogen-bond acceptors (Lipinski definition) is 2. The minimum atomic E-state index is 0.600. The molecule has 0 aliphatic rings. The summed E-state index contributed by atoms with van der Waals surface area (Å²) >= 11 is 0. The molecule has 11 heavy (non-hydrogen) atoms. The minimum absolute atomic E-state index is 0.600. The summed E-state index contributed by atoms with van der Waals surface area (Å²) in [5, 5.41) is 0. The maximum atomic E-state index is 5.06. The zero-order valence-electron chi connectivity index (χ0n) is 7.72. The van der Waals surface area contributed by atoms with Crippen molar-refractivity contribution in [1.82, 2.24) is 0 Å². The first-order valence-corrected chi connectivity index (χ1v) is 4.85. The molecule has 0 N–H and O–H groups in total. The van der Waals surface area contributed by atoms with Crippen LogP contribution in [0.15, 0.2) is 12.7 Å². The lowest BCUT2D eigenvalue weighted by Gasteiger charge is -1.97. The molecular weight excluding hydrogens is 159 g/mol. The number of allylic oxidation sites excluding steroid dienone is 1. The zero-order chi connectivity index (χ0) is 8.95. The third-order valence-corrected chi connectivity index (χ3v) is 1.39. The van der Waals surface area contributed by atoms with Crippen LogP contribution in [-0.4, -0.2) is 26.5 Å². The maximum Gasteiger partial charge on any atom is 0.0524 e. The van der Waals surface area contributed by atoms with Crippen molar-refractivity contribution >= 4 is 8.81 Å². The lowest BCUT2D eigenvalue weighted by molar-refractivity contribution is 0.163. The molecule has 1 unspecified atom stereocenters. The lowest BCUT2D eigenvalue weighted by atomic mass is 10.8. The topological polar surface area (TPSA) is 18.5 Å². The predicted molar refractivity (Wildman–Crippen MR) is 52.6 cm³/mol. The Morgan fingerprint density at radius 3 is 2.45 bits per heavy atom. The van der Waals surface area contributed by atoms with Gasteiger partial charge < -0.3 is 9.26 Å². The fourth-order valence-electron chi connectivity index (χ4n) is 0.360. The van der Waals surface area contributed by atoms with Crippen LogP contribution in [0.2, 0.25) is 0 Å². The number of ether oxygens (including phenoxy) is 1. The molecule has 0 aliphatic heterocycles. The van der Waals surface area contributed by atoms with Gasteiger partial charge in [0, 0.05) is 28.7 Å². The highest BCUT2D eigenvalue weighted by Crippen LogP contribution is 2.06. The van der Waals surface area contributed by atoms with Gasteiger partial charge in [0.2, 0.25) is 0 Å². The molecule has 0 aromatic carbocycles. The van der Waals surface area contributed by atoms with Crippen LogP contribution in [0.1, 0.15) is 13.8 Å². The summed E-state index contributed by atoms with van der Waals surface area (Å²) in [4.78, 5) is 0. The molecule has 0 rings (SSSR count). The van der Waals surface area contributed by atoms with E-state index in [1.807, 2.05) is 13.8 Å². The molecule has 1 atom stereocenters. The summed E-state index contributed by atoms with van der Waals surface area (Å²) in [6.07, 6.45) is 2.78. The SMILES string of the molecule is C=CC.CCOCCPOC. The molecule has 0 heterocycles.